The van der Waals surface area contributed by atoms with Gasteiger partial charge in [-0.1, -0.05) is 141 Å². The van der Waals surface area contributed by atoms with Crippen LogP contribution in [-0.2, 0) is 13.5 Å². The second-order valence-electron chi connectivity index (χ2n) is 11.3. The van der Waals surface area contributed by atoms with Gasteiger partial charge in [-0.05, 0) is 65.6 Å². The number of aromatic nitrogens is 2. The van der Waals surface area contributed by atoms with Gasteiger partial charge in [-0.2, -0.15) is 0 Å². The van der Waals surface area contributed by atoms with Crippen molar-refractivity contribution in [3.63, 3.8) is 0 Å². The second kappa shape index (κ2) is 16.2. The Balaban J connectivity index is 0.000000570. The summed E-state index contributed by atoms with van der Waals surface area (Å²) in [5, 5.41) is 7.91. The third kappa shape index (κ3) is 5.88. The van der Waals surface area contributed by atoms with Crippen LogP contribution in [0.4, 0.5) is 0 Å². The third-order valence-electron chi connectivity index (χ3n) is 9.11. The molecule has 0 fully saturated rings. The van der Waals surface area contributed by atoms with E-state index in [2.05, 4.69) is 144 Å². The summed E-state index contributed by atoms with van der Waals surface area (Å²) in [4.78, 5) is 0. The number of para-hydroxylation sites is 2. The molecule has 3 heteroatoms. The lowest BCUT2D eigenvalue weighted by Gasteiger charge is -2.12. The van der Waals surface area contributed by atoms with Gasteiger partial charge in [-0.25, -0.2) is 0 Å². The Kier molecular flexibility index (Phi) is 11.8. The van der Waals surface area contributed by atoms with Gasteiger partial charge in [0.2, 0.25) is 0 Å². The number of thiophene rings is 1. The molecule has 0 unspecified atom stereocenters. The van der Waals surface area contributed by atoms with Crippen LogP contribution in [0.3, 0.4) is 0 Å². The lowest BCUT2D eigenvalue weighted by atomic mass is 9.95. The molecule has 0 bridgehead atoms. The molecule has 256 valence electrons. The van der Waals surface area contributed by atoms with Gasteiger partial charge in [0.15, 0.2) is 0 Å². The minimum absolute atomic E-state index is 1.00. The van der Waals surface area contributed by atoms with Gasteiger partial charge in [0.05, 0.1) is 11.0 Å². The van der Waals surface area contributed by atoms with Gasteiger partial charge in [0, 0.05) is 65.5 Å². The number of fused-ring (bicyclic) bond motifs is 9. The maximum absolute atomic E-state index is 2.49. The van der Waals surface area contributed by atoms with Gasteiger partial charge >= 0.3 is 0 Å². The summed E-state index contributed by atoms with van der Waals surface area (Å²) in [5.41, 5.74) is 10.2. The minimum Gasteiger partial charge on any atom is -0.344 e. The summed E-state index contributed by atoms with van der Waals surface area (Å²) in [6.45, 7) is 18.3. The van der Waals surface area contributed by atoms with Crippen LogP contribution in [0.2, 0.25) is 0 Å². The molecule has 0 saturated heterocycles. The molecule has 0 saturated carbocycles. The van der Waals surface area contributed by atoms with E-state index in [4.69, 9.17) is 0 Å². The van der Waals surface area contributed by atoms with Crippen LogP contribution >= 0.6 is 11.3 Å². The standard InChI is InChI=1S/C39H28N2S.4C2H6/c1-3-24-22-25(23-31-26-12-6-9-21-36(26)42-39(24)31)41-33-18-8-5-14-30(33)38-28(16-11-20-35(38)41)27-15-10-19-34-37(27)29-13-4-7-17-32(29)40(34)2;4*1-2/h4-23H,3H2,1-2H3;4*1-2H3. The highest BCUT2D eigenvalue weighted by atomic mass is 32.1. The van der Waals surface area contributed by atoms with Crippen molar-refractivity contribution in [2.24, 2.45) is 7.05 Å². The van der Waals surface area contributed by atoms with E-state index in [0.29, 0.717) is 0 Å². The van der Waals surface area contributed by atoms with Crippen LogP contribution in [0, 0.1) is 0 Å². The molecule has 0 atom stereocenters. The zero-order chi connectivity index (χ0) is 35.9. The summed E-state index contributed by atoms with van der Waals surface area (Å²) in [7, 11) is 2.18. The number of nitrogens with zero attached hydrogens (tertiary/aromatic N) is 2. The molecule has 0 aliphatic heterocycles. The Morgan fingerprint density at radius 3 is 1.62 bits per heavy atom. The van der Waals surface area contributed by atoms with Gasteiger partial charge in [0.1, 0.15) is 0 Å². The van der Waals surface area contributed by atoms with Crippen molar-refractivity contribution < 1.29 is 0 Å². The average Bonchev–Trinajstić information content (AvgIpc) is 3.85. The first-order chi connectivity index (χ1) is 24.7. The molecule has 0 aliphatic carbocycles. The van der Waals surface area contributed by atoms with Gasteiger partial charge < -0.3 is 9.13 Å². The summed E-state index contributed by atoms with van der Waals surface area (Å²) >= 11 is 1.92. The van der Waals surface area contributed by atoms with Crippen molar-refractivity contribution in [3.05, 3.63) is 127 Å². The minimum atomic E-state index is 1.00. The highest BCUT2D eigenvalue weighted by Gasteiger charge is 2.20. The highest BCUT2D eigenvalue weighted by Crippen LogP contribution is 2.44. The van der Waals surface area contributed by atoms with Crippen LogP contribution in [-0.4, -0.2) is 9.13 Å². The summed E-state index contributed by atoms with van der Waals surface area (Å²) in [6.07, 6.45) is 1.00. The summed E-state index contributed by atoms with van der Waals surface area (Å²) in [5.74, 6) is 0. The molecule has 6 aromatic carbocycles. The second-order valence-corrected chi connectivity index (χ2v) is 12.3. The van der Waals surface area contributed by atoms with E-state index in [9.17, 15) is 0 Å². The summed E-state index contributed by atoms with van der Waals surface area (Å²) in [6, 6.07) is 44.9. The van der Waals surface area contributed by atoms with Crippen LogP contribution < -0.4 is 0 Å². The molecular formula is C47H52N2S. The van der Waals surface area contributed by atoms with Gasteiger partial charge in [0.25, 0.3) is 0 Å². The van der Waals surface area contributed by atoms with Crippen LogP contribution in [0.15, 0.2) is 121 Å². The highest BCUT2D eigenvalue weighted by molar-refractivity contribution is 7.26. The molecule has 3 heterocycles. The van der Waals surface area contributed by atoms with Crippen molar-refractivity contribution in [1.29, 1.82) is 0 Å². The zero-order valence-electron chi connectivity index (χ0n) is 31.6. The number of aryl methyl sites for hydroxylation is 2. The number of hydrogen-bond donors (Lipinski definition) is 0. The maximum atomic E-state index is 2.49. The van der Waals surface area contributed by atoms with Crippen LogP contribution in [0.1, 0.15) is 67.9 Å². The largest absolute Gasteiger partial charge is 0.344 e. The van der Waals surface area contributed by atoms with Gasteiger partial charge in [-0.15, -0.1) is 11.3 Å². The smallest absolute Gasteiger partial charge is 0.0547 e. The zero-order valence-corrected chi connectivity index (χ0v) is 32.4. The van der Waals surface area contributed by atoms with Crippen molar-refractivity contribution in [2.45, 2.75) is 68.7 Å². The Hall–Kier alpha value is -4.86. The Morgan fingerprint density at radius 2 is 0.980 bits per heavy atom. The fraction of sp³-hybridized carbons (Fsp3) is 0.234. The molecular weight excluding hydrogens is 625 g/mol. The van der Waals surface area contributed by atoms with Crippen LogP contribution in [0.5, 0.6) is 0 Å². The number of benzene rings is 6. The third-order valence-corrected chi connectivity index (χ3v) is 10.4. The molecule has 3 aromatic heterocycles. The maximum Gasteiger partial charge on any atom is 0.0547 e. The quantitative estimate of drug-likeness (QED) is 0.176. The monoisotopic (exact) mass is 676 g/mol. The van der Waals surface area contributed by atoms with Gasteiger partial charge in [-0.3, -0.25) is 0 Å². The number of rotatable bonds is 3. The molecule has 0 radical (unpaired) electrons. The van der Waals surface area contributed by atoms with E-state index in [1.165, 1.54) is 86.2 Å². The lowest BCUT2D eigenvalue weighted by molar-refractivity contribution is 1.01. The molecule has 9 rings (SSSR count). The molecule has 9 aromatic rings. The van der Waals surface area contributed by atoms with E-state index in [1.807, 2.05) is 66.7 Å². The van der Waals surface area contributed by atoms with Crippen LogP contribution in [0.25, 0.3) is 80.6 Å². The molecule has 2 nitrogen and oxygen atoms in total. The van der Waals surface area contributed by atoms with Crippen molar-refractivity contribution in [2.75, 3.05) is 0 Å². The molecule has 0 amide bonds. The van der Waals surface area contributed by atoms with Crippen molar-refractivity contribution >= 4 is 75.1 Å². The van der Waals surface area contributed by atoms with E-state index in [-0.39, 0.29) is 0 Å². The first-order valence-electron chi connectivity index (χ1n) is 18.7. The van der Waals surface area contributed by atoms with Crippen molar-refractivity contribution in [3.8, 4) is 16.8 Å². The fourth-order valence-electron chi connectivity index (χ4n) is 7.23. The molecule has 0 aliphatic rings. The predicted octanol–water partition coefficient (Wildman–Crippen LogP) is 15.1. The SMILES string of the molecule is CC.CC.CC.CC.CCc1cc(-n2c3ccccc3c3c(-c4cccc5c4c4ccccc4n5C)cccc32)cc2c1sc1ccccc12. The predicted molar refractivity (Wildman–Crippen MR) is 228 cm³/mol. The average molecular weight is 677 g/mol. The topological polar surface area (TPSA) is 9.86 Å². The van der Waals surface area contributed by atoms with Crippen molar-refractivity contribution in [1.82, 2.24) is 9.13 Å². The van der Waals surface area contributed by atoms with E-state index in [0.717, 1.165) is 6.42 Å². The Bertz CT molecular complexity index is 2520. The van der Waals surface area contributed by atoms with E-state index in [1.54, 1.807) is 0 Å². The number of hydrogen-bond acceptors (Lipinski definition) is 1. The Labute approximate surface area is 302 Å². The normalized spacial score (nSPS) is 10.7. The molecule has 0 spiro atoms. The van der Waals surface area contributed by atoms with E-state index >= 15 is 0 Å². The molecule has 0 N–H and O–H groups in total. The first kappa shape index (κ1) is 36.4. The summed E-state index contributed by atoms with van der Waals surface area (Å²) < 4.78 is 7.57. The molecule has 50 heavy (non-hydrogen) atoms. The van der Waals surface area contributed by atoms with E-state index < -0.39 is 0 Å². The Morgan fingerprint density at radius 1 is 0.480 bits per heavy atom. The first-order valence-corrected chi connectivity index (χ1v) is 19.5. The fourth-order valence-corrected chi connectivity index (χ4v) is 8.50. The lowest BCUT2D eigenvalue weighted by Crippen LogP contribution is -1.96.